The molecular formula is C12H18N2O2S. The molecule has 1 atom stereocenters. The monoisotopic (exact) mass is 254 g/mol. The Bertz CT molecular complexity index is 401. The molecule has 1 rings (SSSR count). The number of hydrogen-bond donors (Lipinski definition) is 1. The van der Waals surface area contributed by atoms with Gasteiger partial charge in [-0.1, -0.05) is 27.2 Å². The maximum absolute atomic E-state index is 11.7. The van der Waals surface area contributed by atoms with Gasteiger partial charge in [0.05, 0.1) is 0 Å². The number of amides is 1. The average Bonchev–Trinajstić information content (AvgIpc) is 2.76. The fraction of sp³-hybridized carbons (Fsp3) is 0.583. The van der Waals surface area contributed by atoms with Gasteiger partial charge in [0.15, 0.2) is 10.9 Å². The Kier molecular flexibility index (Phi) is 5.28. The van der Waals surface area contributed by atoms with E-state index in [4.69, 9.17) is 0 Å². The fourth-order valence-corrected chi connectivity index (χ4v) is 2.15. The number of carbonyl (C=O) groups is 2. The number of rotatable bonds is 6. The molecule has 0 spiro atoms. The van der Waals surface area contributed by atoms with Crippen molar-refractivity contribution in [2.24, 2.45) is 5.92 Å². The van der Waals surface area contributed by atoms with Crippen LogP contribution in [0.4, 0.5) is 5.13 Å². The van der Waals surface area contributed by atoms with E-state index in [-0.39, 0.29) is 17.6 Å². The summed E-state index contributed by atoms with van der Waals surface area (Å²) >= 11 is 1.29. The molecule has 1 amide bonds. The highest BCUT2D eigenvalue weighted by Gasteiger charge is 2.15. The van der Waals surface area contributed by atoms with Crippen molar-refractivity contribution in [2.75, 3.05) is 5.32 Å². The zero-order valence-corrected chi connectivity index (χ0v) is 11.3. The summed E-state index contributed by atoms with van der Waals surface area (Å²) in [6.45, 7) is 5.74. The van der Waals surface area contributed by atoms with Gasteiger partial charge in [-0.15, -0.1) is 11.3 Å². The lowest BCUT2D eigenvalue weighted by Crippen LogP contribution is -2.20. The smallest absolute Gasteiger partial charge is 0.228 e. The van der Waals surface area contributed by atoms with E-state index >= 15 is 0 Å². The van der Waals surface area contributed by atoms with E-state index in [9.17, 15) is 9.59 Å². The second-order valence-corrected chi connectivity index (χ2v) is 4.85. The van der Waals surface area contributed by atoms with Gasteiger partial charge in [-0.3, -0.25) is 9.59 Å². The lowest BCUT2D eigenvalue weighted by molar-refractivity contribution is -0.119. The number of nitrogens with zero attached hydrogens (tertiary/aromatic N) is 1. The topological polar surface area (TPSA) is 59.1 Å². The van der Waals surface area contributed by atoms with Crippen molar-refractivity contribution in [3.63, 3.8) is 0 Å². The molecule has 0 aromatic carbocycles. The largest absolute Gasteiger partial charge is 0.302 e. The van der Waals surface area contributed by atoms with Crippen LogP contribution in [0.25, 0.3) is 0 Å². The van der Waals surface area contributed by atoms with E-state index in [2.05, 4.69) is 10.3 Å². The standard InChI is InChI=1S/C12H18N2O2S/c1-4-6-8(3)11(16)14-12-13-9(7-17-12)10(15)5-2/h7-8H,4-6H2,1-3H3,(H,13,14,16). The van der Waals surface area contributed by atoms with Gasteiger partial charge in [-0.05, 0) is 6.42 Å². The van der Waals surface area contributed by atoms with Crippen LogP contribution in [-0.2, 0) is 4.79 Å². The molecule has 0 aliphatic carbocycles. The van der Waals surface area contributed by atoms with Gasteiger partial charge >= 0.3 is 0 Å². The Labute approximate surface area is 105 Å². The molecule has 0 saturated heterocycles. The Balaban J connectivity index is 2.60. The summed E-state index contributed by atoms with van der Waals surface area (Å²) in [6, 6.07) is 0. The number of anilines is 1. The van der Waals surface area contributed by atoms with E-state index in [0.717, 1.165) is 12.8 Å². The highest BCUT2D eigenvalue weighted by molar-refractivity contribution is 7.14. The Hall–Kier alpha value is -1.23. The summed E-state index contributed by atoms with van der Waals surface area (Å²) in [6.07, 6.45) is 2.27. The van der Waals surface area contributed by atoms with Gasteiger partial charge in [0.2, 0.25) is 5.91 Å². The number of aromatic nitrogens is 1. The molecule has 1 heterocycles. The molecule has 1 aromatic rings. The third kappa shape index (κ3) is 3.93. The summed E-state index contributed by atoms with van der Waals surface area (Å²) in [4.78, 5) is 27.2. The second kappa shape index (κ2) is 6.49. The molecule has 0 fully saturated rings. The quantitative estimate of drug-likeness (QED) is 0.793. The van der Waals surface area contributed by atoms with Crippen LogP contribution in [0.1, 0.15) is 50.5 Å². The zero-order valence-electron chi connectivity index (χ0n) is 10.4. The maximum atomic E-state index is 11.7. The lowest BCUT2D eigenvalue weighted by Gasteiger charge is -2.08. The van der Waals surface area contributed by atoms with Crippen LogP contribution in [0.15, 0.2) is 5.38 Å². The predicted octanol–water partition coefficient (Wildman–Crippen LogP) is 3.11. The number of carbonyl (C=O) groups excluding carboxylic acids is 2. The first-order valence-corrected chi connectivity index (χ1v) is 6.76. The molecule has 0 bridgehead atoms. The summed E-state index contributed by atoms with van der Waals surface area (Å²) in [5.41, 5.74) is 0.441. The predicted molar refractivity (Wildman–Crippen MR) is 69.4 cm³/mol. The number of thiazole rings is 1. The third-order valence-corrected chi connectivity index (χ3v) is 3.27. The molecule has 1 aromatic heterocycles. The molecule has 17 heavy (non-hydrogen) atoms. The number of hydrogen-bond acceptors (Lipinski definition) is 4. The van der Waals surface area contributed by atoms with E-state index in [0.29, 0.717) is 17.2 Å². The van der Waals surface area contributed by atoms with Gasteiger partial charge in [0.25, 0.3) is 0 Å². The SMILES string of the molecule is CCCC(C)C(=O)Nc1nc(C(=O)CC)cs1. The summed E-state index contributed by atoms with van der Waals surface area (Å²) in [7, 11) is 0. The van der Waals surface area contributed by atoms with Crippen LogP contribution in [-0.4, -0.2) is 16.7 Å². The van der Waals surface area contributed by atoms with Crippen molar-refractivity contribution in [1.82, 2.24) is 4.98 Å². The van der Waals surface area contributed by atoms with Crippen molar-refractivity contribution in [3.05, 3.63) is 11.1 Å². The minimum Gasteiger partial charge on any atom is -0.302 e. The van der Waals surface area contributed by atoms with Crippen molar-refractivity contribution in [3.8, 4) is 0 Å². The van der Waals surface area contributed by atoms with E-state index in [1.54, 1.807) is 12.3 Å². The molecular weight excluding hydrogens is 236 g/mol. The van der Waals surface area contributed by atoms with Gasteiger partial charge in [-0.2, -0.15) is 0 Å². The fourth-order valence-electron chi connectivity index (χ4n) is 1.43. The zero-order chi connectivity index (χ0) is 12.8. The Morgan fingerprint density at radius 3 is 2.76 bits per heavy atom. The number of ketones is 1. The van der Waals surface area contributed by atoms with Crippen LogP contribution in [0.2, 0.25) is 0 Å². The van der Waals surface area contributed by atoms with Gasteiger partial charge in [-0.25, -0.2) is 4.98 Å². The summed E-state index contributed by atoms with van der Waals surface area (Å²) < 4.78 is 0. The van der Waals surface area contributed by atoms with Crippen molar-refractivity contribution in [2.45, 2.75) is 40.0 Å². The first-order valence-electron chi connectivity index (χ1n) is 5.88. The second-order valence-electron chi connectivity index (χ2n) is 3.99. The van der Waals surface area contributed by atoms with Crippen LogP contribution < -0.4 is 5.32 Å². The minimum atomic E-state index is -0.0308. The average molecular weight is 254 g/mol. The normalized spacial score (nSPS) is 12.2. The molecule has 0 aliphatic heterocycles. The minimum absolute atomic E-state index is 0.00311. The summed E-state index contributed by atoms with van der Waals surface area (Å²) in [5, 5.41) is 4.94. The molecule has 94 valence electrons. The first-order chi connectivity index (χ1) is 8.08. The van der Waals surface area contributed by atoms with Gasteiger partial charge in [0.1, 0.15) is 5.69 Å². The summed E-state index contributed by atoms with van der Waals surface area (Å²) in [5.74, 6) is -0.0470. The molecule has 0 radical (unpaired) electrons. The van der Waals surface area contributed by atoms with Crippen molar-refractivity contribution < 1.29 is 9.59 Å². The third-order valence-electron chi connectivity index (χ3n) is 2.51. The molecule has 0 saturated carbocycles. The molecule has 1 N–H and O–H groups in total. The number of nitrogens with one attached hydrogen (secondary N) is 1. The highest BCUT2D eigenvalue weighted by Crippen LogP contribution is 2.18. The Morgan fingerprint density at radius 1 is 1.47 bits per heavy atom. The van der Waals surface area contributed by atoms with Crippen LogP contribution in [0, 0.1) is 5.92 Å². The molecule has 0 aliphatic rings. The maximum Gasteiger partial charge on any atom is 0.228 e. The van der Waals surface area contributed by atoms with E-state index < -0.39 is 0 Å². The first kappa shape index (κ1) is 13.8. The molecule has 1 unspecified atom stereocenters. The number of Topliss-reactive ketones (excluding diaryl/α,β-unsaturated/α-hetero) is 1. The molecule has 5 heteroatoms. The van der Waals surface area contributed by atoms with Gasteiger partial charge in [0, 0.05) is 17.7 Å². The van der Waals surface area contributed by atoms with Crippen LogP contribution in [0.5, 0.6) is 0 Å². The van der Waals surface area contributed by atoms with E-state index in [1.807, 2.05) is 13.8 Å². The van der Waals surface area contributed by atoms with E-state index in [1.165, 1.54) is 11.3 Å². The van der Waals surface area contributed by atoms with Crippen molar-refractivity contribution >= 4 is 28.2 Å². The Morgan fingerprint density at radius 2 is 2.18 bits per heavy atom. The van der Waals surface area contributed by atoms with Gasteiger partial charge < -0.3 is 5.32 Å². The molecule has 4 nitrogen and oxygen atoms in total. The highest BCUT2D eigenvalue weighted by atomic mass is 32.1. The van der Waals surface area contributed by atoms with Crippen LogP contribution in [0.3, 0.4) is 0 Å². The lowest BCUT2D eigenvalue weighted by atomic mass is 10.1. The van der Waals surface area contributed by atoms with Crippen molar-refractivity contribution in [1.29, 1.82) is 0 Å². The van der Waals surface area contributed by atoms with Crippen LogP contribution >= 0.6 is 11.3 Å².